The van der Waals surface area contributed by atoms with Crippen molar-refractivity contribution in [2.24, 2.45) is 0 Å². The third-order valence-electron chi connectivity index (χ3n) is 3.25. The van der Waals surface area contributed by atoms with Gasteiger partial charge in [0, 0.05) is 4.47 Å². The Morgan fingerprint density at radius 1 is 0.727 bits per heavy atom. The lowest BCUT2D eigenvalue weighted by Crippen LogP contribution is -2.08. The van der Waals surface area contributed by atoms with Crippen LogP contribution in [0.25, 0.3) is 11.1 Å². The number of hydrogen-bond donors (Lipinski definition) is 0. The Morgan fingerprint density at radius 3 is 1.95 bits per heavy atom. The van der Waals surface area contributed by atoms with Gasteiger partial charge in [-0.2, -0.15) is 0 Å². The van der Waals surface area contributed by atoms with Gasteiger partial charge in [-0.05, 0) is 47.5 Å². The monoisotopic (exact) mass is 352 g/mol. The summed E-state index contributed by atoms with van der Waals surface area (Å²) in [6.07, 6.45) is 0. The molecule has 0 bridgehead atoms. The number of carbonyl (C=O) groups excluding carboxylic acids is 1. The van der Waals surface area contributed by atoms with Crippen LogP contribution in [0.1, 0.15) is 10.4 Å². The first-order chi connectivity index (χ1) is 10.7. The van der Waals surface area contributed by atoms with E-state index in [0.29, 0.717) is 11.3 Å². The van der Waals surface area contributed by atoms with Gasteiger partial charge in [0.05, 0.1) is 5.56 Å². The molecule has 0 aliphatic rings. The Morgan fingerprint density at radius 2 is 1.32 bits per heavy atom. The average molecular weight is 353 g/mol. The fraction of sp³-hybridized carbons (Fsp3) is 0. The van der Waals surface area contributed by atoms with Gasteiger partial charge >= 0.3 is 5.97 Å². The van der Waals surface area contributed by atoms with Crippen LogP contribution in [-0.4, -0.2) is 5.97 Å². The molecule has 2 nitrogen and oxygen atoms in total. The lowest BCUT2D eigenvalue weighted by molar-refractivity contribution is 0.0735. The Hall–Kier alpha value is -2.39. The van der Waals surface area contributed by atoms with Crippen LogP contribution < -0.4 is 4.74 Å². The average Bonchev–Trinajstić information content (AvgIpc) is 2.58. The van der Waals surface area contributed by atoms with E-state index >= 15 is 0 Å². The van der Waals surface area contributed by atoms with Crippen molar-refractivity contribution in [1.82, 2.24) is 0 Å². The molecular formula is C19H13BrO2. The molecule has 0 unspecified atom stereocenters. The zero-order valence-corrected chi connectivity index (χ0v) is 13.3. The van der Waals surface area contributed by atoms with Crippen molar-refractivity contribution in [3.63, 3.8) is 0 Å². The van der Waals surface area contributed by atoms with Crippen LogP contribution in [0.3, 0.4) is 0 Å². The number of carbonyl (C=O) groups is 1. The molecule has 108 valence electrons. The summed E-state index contributed by atoms with van der Waals surface area (Å²) in [6, 6.07) is 24.6. The molecule has 0 atom stereocenters. The Labute approximate surface area is 137 Å². The summed E-state index contributed by atoms with van der Waals surface area (Å²) in [5, 5.41) is 0. The van der Waals surface area contributed by atoms with Crippen LogP contribution in [-0.2, 0) is 0 Å². The highest BCUT2D eigenvalue weighted by Gasteiger charge is 2.08. The van der Waals surface area contributed by atoms with E-state index in [9.17, 15) is 4.79 Å². The normalized spacial score (nSPS) is 10.2. The minimum atomic E-state index is -0.359. The number of esters is 1. The summed E-state index contributed by atoms with van der Waals surface area (Å²) in [6.45, 7) is 0. The maximum absolute atomic E-state index is 12.1. The number of ether oxygens (including phenoxy) is 1. The number of hydrogen-bond acceptors (Lipinski definition) is 2. The highest BCUT2D eigenvalue weighted by molar-refractivity contribution is 9.10. The summed E-state index contributed by atoms with van der Waals surface area (Å²) < 4.78 is 6.29. The second kappa shape index (κ2) is 6.58. The van der Waals surface area contributed by atoms with Gasteiger partial charge in [-0.1, -0.05) is 58.4 Å². The van der Waals surface area contributed by atoms with Gasteiger partial charge in [-0.25, -0.2) is 4.79 Å². The van der Waals surface area contributed by atoms with Crippen LogP contribution in [0.5, 0.6) is 5.75 Å². The molecule has 3 aromatic rings. The third-order valence-corrected chi connectivity index (χ3v) is 3.78. The van der Waals surface area contributed by atoms with Crippen LogP contribution in [0.4, 0.5) is 0 Å². The Kier molecular flexibility index (Phi) is 4.35. The van der Waals surface area contributed by atoms with Crippen LogP contribution >= 0.6 is 15.9 Å². The molecule has 0 aromatic heterocycles. The molecule has 22 heavy (non-hydrogen) atoms. The van der Waals surface area contributed by atoms with Crippen molar-refractivity contribution in [3.8, 4) is 16.9 Å². The van der Waals surface area contributed by atoms with Gasteiger partial charge < -0.3 is 4.74 Å². The second-order valence-electron chi connectivity index (χ2n) is 4.79. The zero-order chi connectivity index (χ0) is 15.4. The SMILES string of the molecule is O=C(Oc1ccc(Br)cc1)c1ccc(-c2ccccc2)cc1. The lowest BCUT2D eigenvalue weighted by atomic mass is 10.0. The van der Waals surface area contributed by atoms with Gasteiger partial charge in [0.15, 0.2) is 0 Å². The van der Waals surface area contributed by atoms with E-state index in [1.165, 1.54) is 0 Å². The molecule has 3 rings (SSSR count). The first kappa shape index (κ1) is 14.5. The minimum absolute atomic E-state index is 0.359. The first-order valence-corrected chi connectivity index (χ1v) is 7.65. The predicted octanol–water partition coefficient (Wildman–Crippen LogP) is 5.34. The number of benzene rings is 3. The van der Waals surface area contributed by atoms with Crippen LogP contribution in [0, 0.1) is 0 Å². The van der Waals surface area contributed by atoms with Crippen molar-refractivity contribution in [2.75, 3.05) is 0 Å². The van der Waals surface area contributed by atoms with Crippen molar-refractivity contribution < 1.29 is 9.53 Å². The standard InChI is InChI=1S/C19H13BrO2/c20-17-10-12-18(13-11-17)22-19(21)16-8-6-15(7-9-16)14-4-2-1-3-5-14/h1-13H. The molecular weight excluding hydrogens is 340 g/mol. The molecule has 0 saturated carbocycles. The zero-order valence-electron chi connectivity index (χ0n) is 11.7. The highest BCUT2D eigenvalue weighted by atomic mass is 79.9. The van der Waals surface area contributed by atoms with E-state index in [-0.39, 0.29) is 5.97 Å². The molecule has 0 amide bonds. The molecule has 0 saturated heterocycles. The minimum Gasteiger partial charge on any atom is -0.423 e. The molecule has 0 aliphatic heterocycles. The largest absolute Gasteiger partial charge is 0.423 e. The van der Waals surface area contributed by atoms with E-state index < -0.39 is 0 Å². The molecule has 0 N–H and O–H groups in total. The number of rotatable bonds is 3. The lowest BCUT2D eigenvalue weighted by Gasteiger charge is -2.06. The van der Waals surface area contributed by atoms with E-state index in [2.05, 4.69) is 15.9 Å². The fourth-order valence-corrected chi connectivity index (χ4v) is 2.36. The van der Waals surface area contributed by atoms with Crippen LogP contribution in [0.15, 0.2) is 83.3 Å². The molecule has 3 heteroatoms. The van der Waals surface area contributed by atoms with E-state index in [1.807, 2.05) is 54.6 Å². The Balaban J connectivity index is 1.75. The maximum atomic E-state index is 12.1. The molecule has 0 spiro atoms. The van der Waals surface area contributed by atoms with Crippen LogP contribution in [0.2, 0.25) is 0 Å². The third kappa shape index (κ3) is 3.43. The smallest absolute Gasteiger partial charge is 0.343 e. The molecule has 0 radical (unpaired) electrons. The first-order valence-electron chi connectivity index (χ1n) is 6.85. The molecule has 0 fully saturated rings. The van der Waals surface area contributed by atoms with Crippen molar-refractivity contribution >= 4 is 21.9 Å². The van der Waals surface area contributed by atoms with Gasteiger partial charge in [0.25, 0.3) is 0 Å². The van der Waals surface area contributed by atoms with Gasteiger partial charge in [-0.15, -0.1) is 0 Å². The van der Waals surface area contributed by atoms with Gasteiger partial charge in [0.2, 0.25) is 0 Å². The van der Waals surface area contributed by atoms with Gasteiger partial charge in [-0.3, -0.25) is 0 Å². The number of halogens is 1. The fourth-order valence-electron chi connectivity index (χ4n) is 2.10. The van der Waals surface area contributed by atoms with Crippen molar-refractivity contribution in [1.29, 1.82) is 0 Å². The Bertz CT molecular complexity index is 763. The van der Waals surface area contributed by atoms with Crippen molar-refractivity contribution in [2.45, 2.75) is 0 Å². The quantitative estimate of drug-likeness (QED) is 0.470. The van der Waals surface area contributed by atoms with Crippen molar-refractivity contribution in [3.05, 3.63) is 88.9 Å². The van der Waals surface area contributed by atoms with E-state index in [4.69, 9.17) is 4.74 Å². The topological polar surface area (TPSA) is 26.3 Å². The van der Waals surface area contributed by atoms with E-state index in [0.717, 1.165) is 15.6 Å². The summed E-state index contributed by atoms with van der Waals surface area (Å²) in [7, 11) is 0. The molecule has 0 heterocycles. The second-order valence-corrected chi connectivity index (χ2v) is 5.70. The highest BCUT2D eigenvalue weighted by Crippen LogP contribution is 2.21. The summed E-state index contributed by atoms with van der Waals surface area (Å²) in [5.41, 5.74) is 2.72. The van der Waals surface area contributed by atoms with Gasteiger partial charge in [0.1, 0.15) is 5.75 Å². The summed E-state index contributed by atoms with van der Waals surface area (Å²) in [4.78, 5) is 12.1. The summed E-state index contributed by atoms with van der Waals surface area (Å²) >= 11 is 3.35. The predicted molar refractivity (Wildman–Crippen MR) is 91.0 cm³/mol. The molecule has 3 aromatic carbocycles. The molecule has 0 aliphatic carbocycles. The maximum Gasteiger partial charge on any atom is 0.343 e. The van der Waals surface area contributed by atoms with E-state index in [1.54, 1.807) is 24.3 Å². The summed E-state index contributed by atoms with van der Waals surface area (Å²) in [5.74, 6) is 0.169.